The van der Waals surface area contributed by atoms with Crippen molar-refractivity contribution in [3.05, 3.63) is 83.9 Å². The fraction of sp³-hybridized carbons (Fsp3) is 0.280. The van der Waals surface area contributed by atoms with E-state index < -0.39 is 0 Å². The Morgan fingerprint density at radius 3 is 2.21 bits per heavy atom. The predicted molar refractivity (Wildman–Crippen MR) is 115 cm³/mol. The summed E-state index contributed by atoms with van der Waals surface area (Å²) < 4.78 is 11.2. The molecule has 0 saturated carbocycles. The molecule has 28 heavy (non-hydrogen) atoms. The highest BCUT2D eigenvalue weighted by Crippen LogP contribution is 2.44. The van der Waals surface area contributed by atoms with Crippen LogP contribution >= 0.6 is 0 Å². The van der Waals surface area contributed by atoms with Crippen LogP contribution in [0.1, 0.15) is 37.4 Å². The number of nitrogens with zero attached hydrogens (tertiary/aromatic N) is 1. The van der Waals surface area contributed by atoms with Gasteiger partial charge in [-0.1, -0.05) is 30.3 Å². The molecule has 1 heterocycles. The summed E-state index contributed by atoms with van der Waals surface area (Å²) in [6.07, 6.45) is 2.34. The maximum atomic E-state index is 5.82. The van der Waals surface area contributed by atoms with Gasteiger partial charge in [-0.25, -0.2) is 0 Å². The second kappa shape index (κ2) is 7.97. The molecular formula is C25H27NO2. The van der Waals surface area contributed by atoms with Crippen molar-refractivity contribution >= 4 is 11.4 Å². The van der Waals surface area contributed by atoms with Gasteiger partial charge < -0.3 is 14.4 Å². The molecular weight excluding hydrogens is 346 g/mol. The minimum atomic E-state index is 0.184. The molecule has 0 fully saturated rings. The molecule has 0 saturated heterocycles. The number of hydrogen-bond acceptors (Lipinski definition) is 3. The first kappa shape index (κ1) is 18.4. The first-order chi connectivity index (χ1) is 13.7. The first-order valence-electron chi connectivity index (χ1n) is 9.93. The van der Waals surface area contributed by atoms with Gasteiger partial charge in [-0.3, -0.25) is 0 Å². The highest BCUT2D eigenvalue weighted by molar-refractivity contribution is 5.70. The monoisotopic (exact) mass is 373 g/mol. The van der Waals surface area contributed by atoms with Crippen LogP contribution < -0.4 is 14.4 Å². The number of hydrogen-bond donors (Lipinski definition) is 0. The zero-order chi connectivity index (χ0) is 19.5. The Kier molecular flexibility index (Phi) is 5.25. The Morgan fingerprint density at radius 2 is 1.54 bits per heavy atom. The molecule has 3 nitrogen and oxygen atoms in total. The number of benzene rings is 3. The maximum Gasteiger partial charge on any atom is 0.119 e. The molecule has 0 aromatic heterocycles. The summed E-state index contributed by atoms with van der Waals surface area (Å²) in [5.41, 5.74) is 5.17. The smallest absolute Gasteiger partial charge is 0.119 e. The largest absolute Gasteiger partial charge is 0.497 e. The zero-order valence-corrected chi connectivity index (χ0v) is 16.8. The van der Waals surface area contributed by atoms with Crippen LogP contribution in [0.25, 0.3) is 0 Å². The predicted octanol–water partition coefficient (Wildman–Crippen LogP) is 6.31. The molecule has 0 aliphatic carbocycles. The summed E-state index contributed by atoms with van der Waals surface area (Å²) >= 11 is 0. The van der Waals surface area contributed by atoms with Gasteiger partial charge in [0.15, 0.2) is 0 Å². The molecule has 4 rings (SSSR count). The fourth-order valence-corrected chi connectivity index (χ4v) is 3.96. The van der Waals surface area contributed by atoms with Gasteiger partial charge in [0.05, 0.1) is 19.3 Å². The van der Waals surface area contributed by atoms with Crippen molar-refractivity contribution < 1.29 is 9.47 Å². The van der Waals surface area contributed by atoms with Crippen molar-refractivity contribution in [2.45, 2.75) is 38.8 Å². The number of fused-ring (bicyclic) bond motifs is 1. The Labute approximate surface area is 167 Å². The number of rotatable bonds is 5. The summed E-state index contributed by atoms with van der Waals surface area (Å²) in [5.74, 6) is 1.80. The van der Waals surface area contributed by atoms with Gasteiger partial charge in [-0.15, -0.1) is 0 Å². The van der Waals surface area contributed by atoms with Gasteiger partial charge >= 0.3 is 0 Å². The van der Waals surface area contributed by atoms with Gasteiger partial charge in [0.1, 0.15) is 11.5 Å². The molecule has 0 amide bonds. The summed E-state index contributed by atoms with van der Waals surface area (Å²) in [7, 11) is 1.70. The van der Waals surface area contributed by atoms with E-state index in [0.29, 0.717) is 0 Å². The highest BCUT2D eigenvalue weighted by atomic mass is 16.5. The standard InChI is InChI=1S/C25H27NO2/c1-18(2)28-23-13-8-20(9-14-23)25-17-10-19-6-4-5-7-24(19)26(25)21-11-15-22(27-3)16-12-21/h4-9,11-16,18,25H,10,17H2,1-3H3. The topological polar surface area (TPSA) is 21.7 Å². The quantitative estimate of drug-likeness (QED) is 0.523. The van der Waals surface area contributed by atoms with Gasteiger partial charge in [0.25, 0.3) is 0 Å². The maximum absolute atomic E-state index is 5.82. The summed E-state index contributed by atoms with van der Waals surface area (Å²) in [5, 5.41) is 0. The number of para-hydroxylation sites is 1. The highest BCUT2D eigenvalue weighted by Gasteiger charge is 2.28. The Balaban J connectivity index is 1.72. The number of methoxy groups -OCH3 is 1. The molecule has 1 aliphatic heterocycles. The van der Waals surface area contributed by atoms with E-state index in [1.165, 1.54) is 22.5 Å². The molecule has 144 valence electrons. The van der Waals surface area contributed by atoms with Crippen molar-refractivity contribution in [2.75, 3.05) is 12.0 Å². The van der Waals surface area contributed by atoms with E-state index in [2.05, 4.69) is 79.4 Å². The summed E-state index contributed by atoms with van der Waals surface area (Å²) in [4.78, 5) is 2.45. The molecule has 3 aromatic rings. The van der Waals surface area contributed by atoms with Gasteiger partial charge in [0, 0.05) is 11.4 Å². The molecule has 3 heteroatoms. The van der Waals surface area contributed by atoms with Gasteiger partial charge in [-0.2, -0.15) is 0 Å². The van der Waals surface area contributed by atoms with Crippen LogP contribution in [0.2, 0.25) is 0 Å². The van der Waals surface area contributed by atoms with E-state index in [9.17, 15) is 0 Å². The van der Waals surface area contributed by atoms with Gasteiger partial charge in [-0.05, 0) is 80.3 Å². The average molecular weight is 373 g/mol. The van der Waals surface area contributed by atoms with E-state index in [1.54, 1.807) is 7.11 Å². The number of ether oxygens (including phenoxy) is 2. The van der Waals surface area contributed by atoms with Crippen LogP contribution in [0.5, 0.6) is 11.5 Å². The number of aryl methyl sites for hydroxylation is 1. The van der Waals surface area contributed by atoms with Crippen molar-refractivity contribution in [2.24, 2.45) is 0 Å². The number of anilines is 2. The molecule has 1 aliphatic rings. The second-order valence-corrected chi connectivity index (χ2v) is 7.49. The fourth-order valence-electron chi connectivity index (χ4n) is 3.96. The lowest BCUT2D eigenvalue weighted by Gasteiger charge is -2.39. The van der Waals surface area contributed by atoms with Crippen LogP contribution in [-0.4, -0.2) is 13.2 Å². The van der Waals surface area contributed by atoms with Crippen molar-refractivity contribution in [1.82, 2.24) is 0 Å². The summed E-state index contributed by atoms with van der Waals surface area (Å²) in [6.45, 7) is 4.11. The average Bonchev–Trinajstić information content (AvgIpc) is 2.73. The molecule has 0 spiro atoms. The van der Waals surface area contributed by atoms with Crippen molar-refractivity contribution in [3.8, 4) is 11.5 Å². The normalized spacial score (nSPS) is 16.0. The van der Waals surface area contributed by atoms with E-state index in [1.807, 2.05) is 12.1 Å². The lowest BCUT2D eigenvalue weighted by atomic mass is 9.90. The third-order valence-electron chi connectivity index (χ3n) is 5.24. The Morgan fingerprint density at radius 1 is 0.857 bits per heavy atom. The van der Waals surface area contributed by atoms with E-state index >= 15 is 0 Å². The molecule has 3 aromatic carbocycles. The van der Waals surface area contributed by atoms with Crippen LogP contribution in [0.15, 0.2) is 72.8 Å². The molecule has 1 atom stereocenters. The molecule has 0 N–H and O–H groups in total. The second-order valence-electron chi connectivity index (χ2n) is 7.49. The zero-order valence-electron chi connectivity index (χ0n) is 16.8. The first-order valence-corrected chi connectivity index (χ1v) is 9.93. The van der Waals surface area contributed by atoms with Crippen LogP contribution in [0.4, 0.5) is 11.4 Å². The third-order valence-corrected chi connectivity index (χ3v) is 5.24. The van der Waals surface area contributed by atoms with Crippen LogP contribution in [0.3, 0.4) is 0 Å². The van der Waals surface area contributed by atoms with E-state index in [-0.39, 0.29) is 12.1 Å². The minimum absolute atomic E-state index is 0.184. The SMILES string of the molecule is COc1ccc(N2c3ccccc3CCC2c2ccc(OC(C)C)cc2)cc1. The minimum Gasteiger partial charge on any atom is -0.497 e. The Hall–Kier alpha value is -2.94. The lowest BCUT2D eigenvalue weighted by Crippen LogP contribution is -2.29. The molecule has 0 radical (unpaired) electrons. The van der Waals surface area contributed by atoms with Crippen LogP contribution in [0, 0.1) is 0 Å². The molecule has 1 unspecified atom stereocenters. The van der Waals surface area contributed by atoms with Crippen molar-refractivity contribution in [3.63, 3.8) is 0 Å². The van der Waals surface area contributed by atoms with Gasteiger partial charge in [0.2, 0.25) is 0 Å². The van der Waals surface area contributed by atoms with E-state index in [0.717, 1.165) is 24.3 Å². The van der Waals surface area contributed by atoms with E-state index in [4.69, 9.17) is 9.47 Å². The van der Waals surface area contributed by atoms with Crippen molar-refractivity contribution in [1.29, 1.82) is 0 Å². The Bertz CT molecular complexity index is 916. The van der Waals surface area contributed by atoms with Crippen LogP contribution in [-0.2, 0) is 6.42 Å². The molecule has 0 bridgehead atoms. The third kappa shape index (κ3) is 3.70. The lowest BCUT2D eigenvalue weighted by molar-refractivity contribution is 0.242. The summed E-state index contributed by atoms with van der Waals surface area (Å²) in [6, 6.07) is 25.9.